The Kier molecular flexibility index (Phi) is 4.14. The summed E-state index contributed by atoms with van der Waals surface area (Å²) in [4.78, 5) is 4.35. The molecule has 0 aliphatic rings. The van der Waals surface area contributed by atoms with E-state index in [1.54, 1.807) is 25.4 Å². The zero-order valence-electron chi connectivity index (χ0n) is 13.8. The minimum absolute atomic E-state index is 0.325. The first-order valence-corrected chi connectivity index (χ1v) is 7.85. The van der Waals surface area contributed by atoms with Gasteiger partial charge in [-0.3, -0.25) is 0 Å². The molecular weight excluding hydrogens is 337 g/mol. The second-order valence-electron chi connectivity index (χ2n) is 5.57. The number of hydrogen-bond acceptors (Lipinski definition) is 6. The van der Waals surface area contributed by atoms with Gasteiger partial charge in [-0.05, 0) is 35.9 Å². The fraction of sp³-hybridized carbons (Fsp3) is 0.111. The summed E-state index contributed by atoms with van der Waals surface area (Å²) in [7, 11) is 1.62. The van der Waals surface area contributed by atoms with Crippen LogP contribution in [-0.2, 0) is 6.42 Å². The molecular formula is C18H14FN5O2. The van der Waals surface area contributed by atoms with E-state index in [0.29, 0.717) is 29.5 Å². The van der Waals surface area contributed by atoms with E-state index in [1.165, 1.54) is 16.8 Å². The summed E-state index contributed by atoms with van der Waals surface area (Å²) < 4.78 is 25.3. The first-order chi connectivity index (χ1) is 12.7. The van der Waals surface area contributed by atoms with Gasteiger partial charge in [0.1, 0.15) is 11.6 Å². The molecule has 0 amide bonds. The highest BCUT2D eigenvalue weighted by Gasteiger charge is 2.14. The molecule has 0 unspecified atom stereocenters. The summed E-state index contributed by atoms with van der Waals surface area (Å²) in [5.74, 6) is 1.19. The Morgan fingerprint density at radius 1 is 1.15 bits per heavy atom. The molecule has 130 valence electrons. The number of benzene rings is 2. The molecule has 2 aromatic carbocycles. The van der Waals surface area contributed by atoms with Crippen molar-refractivity contribution < 1.29 is 13.7 Å². The summed E-state index contributed by atoms with van der Waals surface area (Å²) in [5.41, 5.74) is 1.99. The number of aromatic nitrogens is 5. The zero-order chi connectivity index (χ0) is 17.9. The maximum Gasteiger partial charge on any atom is 0.231 e. The molecule has 0 atom stereocenters. The van der Waals surface area contributed by atoms with Crippen molar-refractivity contribution in [1.82, 2.24) is 25.1 Å². The highest BCUT2D eigenvalue weighted by Crippen LogP contribution is 2.18. The van der Waals surface area contributed by atoms with Gasteiger partial charge in [0, 0.05) is 0 Å². The monoisotopic (exact) mass is 351 g/mol. The first-order valence-electron chi connectivity index (χ1n) is 7.85. The van der Waals surface area contributed by atoms with Gasteiger partial charge in [-0.1, -0.05) is 28.6 Å². The Balaban J connectivity index is 1.55. The molecule has 4 rings (SSSR count). The van der Waals surface area contributed by atoms with E-state index in [2.05, 4.69) is 20.5 Å². The molecule has 0 aliphatic carbocycles. The van der Waals surface area contributed by atoms with Crippen LogP contribution in [0.5, 0.6) is 5.75 Å². The summed E-state index contributed by atoms with van der Waals surface area (Å²) in [6.45, 7) is 0. The molecule has 0 spiro atoms. The largest absolute Gasteiger partial charge is 0.497 e. The number of nitrogens with zero attached hydrogens (tertiary/aromatic N) is 5. The van der Waals surface area contributed by atoms with Crippen molar-refractivity contribution in [2.75, 3.05) is 7.11 Å². The fourth-order valence-corrected chi connectivity index (χ4v) is 2.50. The van der Waals surface area contributed by atoms with Gasteiger partial charge >= 0.3 is 0 Å². The van der Waals surface area contributed by atoms with Crippen molar-refractivity contribution in [1.29, 1.82) is 0 Å². The van der Waals surface area contributed by atoms with Crippen molar-refractivity contribution in [3.05, 3.63) is 72.0 Å². The average Bonchev–Trinajstić information content (AvgIpc) is 3.31. The molecule has 4 aromatic rings. The van der Waals surface area contributed by atoms with Crippen LogP contribution in [0, 0.1) is 5.82 Å². The molecule has 0 N–H and O–H groups in total. The lowest BCUT2D eigenvalue weighted by molar-refractivity contribution is 0.385. The van der Waals surface area contributed by atoms with E-state index < -0.39 is 0 Å². The van der Waals surface area contributed by atoms with Gasteiger partial charge in [0.15, 0.2) is 5.69 Å². The van der Waals surface area contributed by atoms with Gasteiger partial charge in [0.2, 0.25) is 11.7 Å². The Labute approximate surface area is 148 Å². The highest BCUT2D eigenvalue weighted by molar-refractivity contribution is 5.47. The average molecular weight is 351 g/mol. The lowest BCUT2D eigenvalue weighted by Crippen LogP contribution is -1.94. The molecule has 0 saturated carbocycles. The van der Waals surface area contributed by atoms with Crippen LogP contribution in [-0.4, -0.2) is 32.2 Å². The van der Waals surface area contributed by atoms with Crippen LogP contribution in [0.2, 0.25) is 0 Å². The maximum absolute atomic E-state index is 13.3. The smallest absolute Gasteiger partial charge is 0.231 e. The number of hydrogen-bond donors (Lipinski definition) is 0. The zero-order valence-corrected chi connectivity index (χ0v) is 13.8. The summed E-state index contributed by atoms with van der Waals surface area (Å²) in [6.07, 6.45) is 2.09. The lowest BCUT2D eigenvalue weighted by Gasteiger charge is -2.01. The molecule has 8 heteroatoms. The standard InChI is InChI=1S/C18H14FN5O2/c1-25-15-7-2-4-12(8-15)9-17-20-18(22-26-17)16-11-24(23-21-16)14-6-3-5-13(19)10-14/h2-8,10-11H,9H2,1H3. The molecule has 0 saturated heterocycles. The second kappa shape index (κ2) is 6.75. The Bertz CT molecular complexity index is 1040. The second-order valence-corrected chi connectivity index (χ2v) is 5.57. The summed E-state index contributed by atoms with van der Waals surface area (Å²) >= 11 is 0. The minimum atomic E-state index is -0.348. The first kappa shape index (κ1) is 15.9. The van der Waals surface area contributed by atoms with E-state index in [0.717, 1.165) is 11.3 Å². The summed E-state index contributed by atoms with van der Waals surface area (Å²) in [6, 6.07) is 13.7. The third-order valence-corrected chi connectivity index (χ3v) is 3.75. The predicted octanol–water partition coefficient (Wildman–Crippen LogP) is 3.06. The molecule has 2 aromatic heterocycles. The van der Waals surface area contributed by atoms with Gasteiger partial charge in [0.25, 0.3) is 0 Å². The van der Waals surface area contributed by atoms with Crippen LogP contribution >= 0.6 is 0 Å². The molecule has 0 radical (unpaired) electrons. The third kappa shape index (κ3) is 3.30. The Morgan fingerprint density at radius 3 is 2.88 bits per heavy atom. The van der Waals surface area contributed by atoms with Crippen LogP contribution in [0.4, 0.5) is 4.39 Å². The maximum atomic E-state index is 13.3. The highest BCUT2D eigenvalue weighted by atomic mass is 19.1. The van der Waals surface area contributed by atoms with E-state index in [-0.39, 0.29) is 5.82 Å². The van der Waals surface area contributed by atoms with Gasteiger partial charge in [-0.25, -0.2) is 9.07 Å². The van der Waals surface area contributed by atoms with E-state index >= 15 is 0 Å². The fourth-order valence-electron chi connectivity index (χ4n) is 2.50. The van der Waals surface area contributed by atoms with Crippen LogP contribution in [0.1, 0.15) is 11.5 Å². The molecule has 2 heterocycles. The van der Waals surface area contributed by atoms with Crippen molar-refractivity contribution in [3.8, 4) is 23.0 Å². The lowest BCUT2D eigenvalue weighted by atomic mass is 10.1. The Morgan fingerprint density at radius 2 is 2.04 bits per heavy atom. The van der Waals surface area contributed by atoms with Crippen LogP contribution in [0.3, 0.4) is 0 Å². The van der Waals surface area contributed by atoms with E-state index in [9.17, 15) is 4.39 Å². The topological polar surface area (TPSA) is 78.9 Å². The number of rotatable bonds is 5. The molecule has 0 bridgehead atoms. The van der Waals surface area contributed by atoms with Gasteiger partial charge in [-0.2, -0.15) is 4.98 Å². The van der Waals surface area contributed by atoms with E-state index in [4.69, 9.17) is 9.26 Å². The summed E-state index contributed by atoms with van der Waals surface area (Å²) in [5, 5.41) is 11.9. The number of ether oxygens (including phenoxy) is 1. The number of methoxy groups -OCH3 is 1. The van der Waals surface area contributed by atoms with Crippen LogP contribution < -0.4 is 4.74 Å². The van der Waals surface area contributed by atoms with Crippen molar-refractivity contribution in [3.63, 3.8) is 0 Å². The molecule has 0 aliphatic heterocycles. The molecule has 0 fully saturated rings. The predicted molar refractivity (Wildman–Crippen MR) is 90.4 cm³/mol. The quantitative estimate of drug-likeness (QED) is 0.550. The minimum Gasteiger partial charge on any atom is -0.497 e. The van der Waals surface area contributed by atoms with Crippen LogP contribution in [0.25, 0.3) is 17.2 Å². The van der Waals surface area contributed by atoms with Gasteiger partial charge < -0.3 is 9.26 Å². The van der Waals surface area contributed by atoms with Crippen molar-refractivity contribution in [2.24, 2.45) is 0 Å². The van der Waals surface area contributed by atoms with E-state index in [1.807, 2.05) is 24.3 Å². The normalized spacial score (nSPS) is 10.8. The Hall–Kier alpha value is -3.55. The van der Waals surface area contributed by atoms with Crippen LogP contribution in [0.15, 0.2) is 59.3 Å². The van der Waals surface area contributed by atoms with Gasteiger partial charge in [-0.15, -0.1) is 5.10 Å². The third-order valence-electron chi connectivity index (χ3n) is 3.75. The molecule has 26 heavy (non-hydrogen) atoms. The van der Waals surface area contributed by atoms with Crippen molar-refractivity contribution >= 4 is 0 Å². The van der Waals surface area contributed by atoms with Crippen molar-refractivity contribution in [2.45, 2.75) is 6.42 Å². The SMILES string of the molecule is COc1cccc(Cc2nc(-c3cn(-c4cccc(F)c4)nn3)no2)c1. The number of halogens is 1. The van der Waals surface area contributed by atoms with Gasteiger partial charge in [0.05, 0.1) is 25.4 Å². The molecule has 7 nitrogen and oxygen atoms in total.